The lowest BCUT2D eigenvalue weighted by molar-refractivity contribution is -0.384. The number of ether oxygens (including phenoxy) is 1. The number of anilines is 1. The predicted octanol–water partition coefficient (Wildman–Crippen LogP) is 5.58. The Labute approximate surface area is 180 Å². The molecule has 10 heteroatoms. The number of carbonyl (C=O) groups excluding carboxylic acids is 1. The largest absolute Gasteiger partial charge is 0.463 e. The van der Waals surface area contributed by atoms with E-state index in [0.29, 0.717) is 22.2 Å². The predicted molar refractivity (Wildman–Crippen MR) is 114 cm³/mol. The fourth-order valence-corrected chi connectivity index (χ4v) is 2.95. The van der Waals surface area contributed by atoms with Gasteiger partial charge >= 0.3 is 0 Å². The van der Waals surface area contributed by atoms with E-state index in [-0.39, 0.29) is 22.8 Å². The summed E-state index contributed by atoms with van der Waals surface area (Å²) in [6, 6.07) is 13.9. The van der Waals surface area contributed by atoms with E-state index < -0.39 is 10.8 Å². The third-order valence-electron chi connectivity index (χ3n) is 4.32. The fraction of sp³-hybridized carbons (Fsp3) is 0.0476. The SMILES string of the molecule is Cc1cc(Oc2cc(NC(=O)c3cc(-c4ccco4)[nH]n3)cc([N+](=O)[O-])c2)ccc1Cl. The highest BCUT2D eigenvalue weighted by atomic mass is 35.5. The Kier molecular flexibility index (Phi) is 5.42. The van der Waals surface area contributed by atoms with E-state index in [1.165, 1.54) is 30.5 Å². The number of hydrogen-bond donors (Lipinski definition) is 2. The van der Waals surface area contributed by atoms with Crippen molar-refractivity contribution < 1.29 is 18.9 Å². The van der Waals surface area contributed by atoms with Crippen LogP contribution in [0.25, 0.3) is 11.5 Å². The van der Waals surface area contributed by atoms with Gasteiger partial charge < -0.3 is 14.5 Å². The summed E-state index contributed by atoms with van der Waals surface area (Å²) >= 11 is 6.02. The lowest BCUT2D eigenvalue weighted by atomic mass is 10.2. The number of benzene rings is 2. The van der Waals surface area contributed by atoms with Crippen molar-refractivity contribution in [3.05, 3.63) is 87.3 Å². The average Bonchev–Trinajstić information content (AvgIpc) is 3.42. The maximum atomic E-state index is 12.6. The van der Waals surface area contributed by atoms with Crippen LogP contribution >= 0.6 is 11.6 Å². The van der Waals surface area contributed by atoms with Crippen LogP contribution in [0.4, 0.5) is 11.4 Å². The summed E-state index contributed by atoms with van der Waals surface area (Å²) in [5.41, 5.74) is 1.35. The number of nitrogens with zero attached hydrogens (tertiary/aromatic N) is 2. The second-order valence-corrected chi connectivity index (χ2v) is 6.99. The molecule has 0 atom stereocenters. The van der Waals surface area contributed by atoms with Crippen LogP contribution in [0.2, 0.25) is 5.02 Å². The summed E-state index contributed by atoms with van der Waals surface area (Å²) in [7, 11) is 0. The number of furan rings is 1. The first-order chi connectivity index (χ1) is 14.9. The number of aryl methyl sites for hydroxylation is 1. The first-order valence-corrected chi connectivity index (χ1v) is 9.41. The zero-order valence-corrected chi connectivity index (χ0v) is 16.8. The number of H-pyrrole nitrogens is 1. The molecule has 2 aromatic heterocycles. The van der Waals surface area contributed by atoms with Crippen molar-refractivity contribution in [2.24, 2.45) is 0 Å². The van der Waals surface area contributed by atoms with Crippen molar-refractivity contribution in [1.29, 1.82) is 0 Å². The van der Waals surface area contributed by atoms with E-state index >= 15 is 0 Å². The Morgan fingerprint density at radius 1 is 1.19 bits per heavy atom. The third kappa shape index (κ3) is 4.57. The molecular formula is C21H15ClN4O5. The molecule has 0 aliphatic carbocycles. The monoisotopic (exact) mass is 438 g/mol. The maximum Gasteiger partial charge on any atom is 0.276 e. The molecule has 0 aliphatic heterocycles. The summed E-state index contributed by atoms with van der Waals surface area (Å²) in [6.45, 7) is 1.81. The molecule has 0 bridgehead atoms. The van der Waals surface area contributed by atoms with Crippen molar-refractivity contribution in [3.8, 4) is 23.0 Å². The van der Waals surface area contributed by atoms with Crippen LogP contribution in [0.5, 0.6) is 11.5 Å². The van der Waals surface area contributed by atoms with E-state index in [1.54, 1.807) is 30.3 Å². The quantitative estimate of drug-likeness (QED) is 0.299. The van der Waals surface area contributed by atoms with Gasteiger partial charge in [-0.05, 0) is 42.8 Å². The van der Waals surface area contributed by atoms with E-state index in [1.807, 2.05) is 6.92 Å². The molecule has 0 unspecified atom stereocenters. The van der Waals surface area contributed by atoms with Gasteiger partial charge in [0.25, 0.3) is 11.6 Å². The second-order valence-electron chi connectivity index (χ2n) is 6.58. The lowest BCUT2D eigenvalue weighted by Gasteiger charge is -2.10. The Balaban J connectivity index is 1.58. The molecule has 4 aromatic rings. The molecule has 31 heavy (non-hydrogen) atoms. The highest BCUT2D eigenvalue weighted by Crippen LogP contribution is 2.31. The average molecular weight is 439 g/mol. The standard InChI is InChI=1S/C21H15ClN4O5/c1-12-7-15(4-5-17(12)22)31-16-9-13(8-14(10-16)26(28)29)23-21(27)19-11-18(24-25-19)20-3-2-6-30-20/h2-11H,1H3,(H,23,27)(H,24,25). The number of rotatable bonds is 6. The van der Waals surface area contributed by atoms with Crippen LogP contribution in [0.15, 0.2) is 65.3 Å². The molecule has 156 valence electrons. The third-order valence-corrected chi connectivity index (χ3v) is 4.75. The van der Waals surface area contributed by atoms with Gasteiger partial charge in [0.1, 0.15) is 17.2 Å². The van der Waals surface area contributed by atoms with Crippen LogP contribution in [0, 0.1) is 17.0 Å². The van der Waals surface area contributed by atoms with Gasteiger partial charge in [0.05, 0.1) is 22.9 Å². The Hall–Kier alpha value is -4.11. The number of non-ortho nitro benzene ring substituents is 1. The van der Waals surface area contributed by atoms with Gasteiger partial charge in [-0.2, -0.15) is 5.10 Å². The van der Waals surface area contributed by atoms with Crippen molar-refractivity contribution >= 4 is 28.9 Å². The van der Waals surface area contributed by atoms with Crippen LogP contribution in [0.3, 0.4) is 0 Å². The highest BCUT2D eigenvalue weighted by Gasteiger charge is 2.17. The minimum atomic E-state index is -0.570. The van der Waals surface area contributed by atoms with Crippen molar-refractivity contribution in [1.82, 2.24) is 10.2 Å². The molecule has 2 heterocycles. The number of amides is 1. The lowest BCUT2D eigenvalue weighted by Crippen LogP contribution is -2.12. The molecule has 0 radical (unpaired) electrons. The Morgan fingerprint density at radius 3 is 2.74 bits per heavy atom. The van der Waals surface area contributed by atoms with Gasteiger partial charge in [-0.15, -0.1) is 0 Å². The van der Waals surface area contributed by atoms with E-state index in [0.717, 1.165) is 5.56 Å². The number of aromatic amines is 1. The maximum absolute atomic E-state index is 12.6. The van der Waals surface area contributed by atoms with Gasteiger partial charge in [-0.3, -0.25) is 20.0 Å². The van der Waals surface area contributed by atoms with Crippen LogP contribution in [-0.2, 0) is 0 Å². The zero-order chi connectivity index (χ0) is 22.0. The molecule has 2 aromatic carbocycles. The first kappa shape index (κ1) is 20.2. The fourth-order valence-electron chi connectivity index (χ4n) is 2.83. The Morgan fingerprint density at radius 2 is 2.03 bits per heavy atom. The van der Waals surface area contributed by atoms with E-state index in [9.17, 15) is 14.9 Å². The molecule has 0 fully saturated rings. The minimum Gasteiger partial charge on any atom is -0.463 e. The van der Waals surface area contributed by atoms with E-state index in [4.69, 9.17) is 20.8 Å². The van der Waals surface area contributed by atoms with Gasteiger partial charge in [0, 0.05) is 23.2 Å². The molecule has 4 rings (SSSR count). The number of carbonyl (C=O) groups is 1. The van der Waals surface area contributed by atoms with Crippen molar-refractivity contribution in [2.75, 3.05) is 5.32 Å². The molecule has 1 amide bonds. The number of hydrogen-bond acceptors (Lipinski definition) is 6. The summed E-state index contributed by atoms with van der Waals surface area (Å²) in [6.07, 6.45) is 1.50. The molecule has 0 saturated heterocycles. The van der Waals surface area contributed by atoms with Gasteiger partial charge in [0.2, 0.25) is 0 Å². The minimum absolute atomic E-state index is 0.0914. The summed E-state index contributed by atoms with van der Waals surface area (Å²) < 4.78 is 11.0. The first-order valence-electron chi connectivity index (χ1n) is 9.03. The molecule has 0 saturated carbocycles. The molecule has 9 nitrogen and oxygen atoms in total. The van der Waals surface area contributed by atoms with Crippen molar-refractivity contribution in [2.45, 2.75) is 6.92 Å². The summed E-state index contributed by atoms with van der Waals surface area (Å²) in [5.74, 6) is 0.610. The van der Waals surface area contributed by atoms with Gasteiger partial charge in [-0.25, -0.2) is 0 Å². The Bertz CT molecular complexity index is 1270. The van der Waals surface area contributed by atoms with E-state index in [2.05, 4.69) is 15.5 Å². The number of halogens is 1. The summed E-state index contributed by atoms with van der Waals surface area (Å²) in [5, 5.41) is 21.2. The highest BCUT2D eigenvalue weighted by molar-refractivity contribution is 6.31. The summed E-state index contributed by atoms with van der Waals surface area (Å²) in [4.78, 5) is 23.3. The van der Waals surface area contributed by atoms with Crippen LogP contribution in [-0.4, -0.2) is 21.0 Å². The molecule has 0 aliphatic rings. The number of nitro groups is 1. The zero-order valence-electron chi connectivity index (χ0n) is 16.1. The van der Waals surface area contributed by atoms with Crippen LogP contribution in [0.1, 0.15) is 16.1 Å². The number of aromatic nitrogens is 2. The van der Waals surface area contributed by atoms with Gasteiger partial charge in [-0.1, -0.05) is 11.6 Å². The normalized spacial score (nSPS) is 10.6. The van der Waals surface area contributed by atoms with Crippen molar-refractivity contribution in [3.63, 3.8) is 0 Å². The second kappa shape index (κ2) is 8.33. The smallest absolute Gasteiger partial charge is 0.276 e. The number of nitrogens with one attached hydrogen (secondary N) is 2. The van der Waals surface area contributed by atoms with Gasteiger partial charge in [0.15, 0.2) is 11.5 Å². The molecule has 2 N–H and O–H groups in total. The topological polar surface area (TPSA) is 123 Å². The van der Waals surface area contributed by atoms with Crippen LogP contribution < -0.4 is 10.1 Å². The molecular weight excluding hydrogens is 424 g/mol. The molecule has 0 spiro atoms. The number of nitro benzene ring substituents is 1.